The van der Waals surface area contributed by atoms with Crippen molar-refractivity contribution in [3.05, 3.63) is 55.1 Å². The lowest BCUT2D eigenvalue weighted by Gasteiger charge is -2.19. The van der Waals surface area contributed by atoms with Crippen molar-refractivity contribution in [3.63, 3.8) is 0 Å². The van der Waals surface area contributed by atoms with Crippen molar-refractivity contribution in [2.45, 2.75) is 0 Å². The zero-order chi connectivity index (χ0) is 14.1. The summed E-state index contributed by atoms with van der Waals surface area (Å²) in [4.78, 5) is 13.6. The summed E-state index contributed by atoms with van der Waals surface area (Å²) in [7, 11) is 0. The van der Waals surface area contributed by atoms with E-state index in [0.717, 1.165) is 5.69 Å². The molecule has 0 bridgehead atoms. The predicted octanol–water partition coefficient (Wildman–Crippen LogP) is 2.17. The Morgan fingerprint density at radius 1 is 1.26 bits per heavy atom. The predicted molar refractivity (Wildman–Crippen MR) is 76.6 cm³/mol. The maximum absolute atomic E-state index is 11.9. The first-order valence-electron chi connectivity index (χ1n) is 5.95. The third-order valence-corrected chi connectivity index (χ3v) is 2.51. The van der Waals surface area contributed by atoms with Crippen LogP contribution in [0.15, 0.2) is 49.6 Å². The van der Waals surface area contributed by atoms with Crippen molar-refractivity contribution < 1.29 is 4.79 Å². The smallest absolute Gasteiger partial charge is 0.242 e. The minimum Gasteiger partial charge on any atom is -0.376 e. The van der Waals surface area contributed by atoms with Gasteiger partial charge >= 0.3 is 0 Å². The molecular weight excluding hydrogens is 238 g/mol. The first kappa shape index (κ1) is 14.5. The van der Waals surface area contributed by atoms with Crippen LogP contribution < -0.4 is 5.32 Å². The molecule has 0 atom stereocenters. The normalized spacial score (nSPS) is 9.21. The molecule has 4 nitrogen and oxygen atoms in total. The highest BCUT2D eigenvalue weighted by atomic mass is 16.2. The lowest BCUT2D eigenvalue weighted by Crippen LogP contribution is -2.35. The molecule has 0 aliphatic carbocycles. The summed E-state index contributed by atoms with van der Waals surface area (Å²) in [5.74, 6) is -0.0239. The zero-order valence-corrected chi connectivity index (χ0v) is 10.8. The Balaban J connectivity index is 2.54. The molecule has 98 valence electrons. The molecule has 0 saturated carbocycles. The van der Waals surface area contributed by atoms with Crippen LogP contribution in [0.25, 0.3) is 0 Å². The number of nitrogens with zero attached hydrogens (tertiary/aromatic N) is 2. The maximum Gasteiger partial charge on any atom is 0.242 e. The molecule has 1 amide bonds. The summed E-state index contributed by atoms with van der Waals surface area (Å²) in [5, 5.41) is 11.7. The molecule has 19 heavy (non-hydrogen) atoms. The molecule has 0 fully saturated rings. The number of carbonyl (C=O) groups excluding carboxylic acids is 1. The van der Waals surface area contributed by atoms with E-state index in [1.54, 1.807) is 41.3 Å². The van der Waals surface area contributed by atoms with E-state index < -0.39 is 0 Å². The van der Waals surface area contributed by atoms with E-state index in [9.17, 15) is 4.79 Å². The van der Waals surface area contributed by atoms with Gasteiger partial charge in [-0.1, -0.05) is 12.2 Å². The molecule has 0 heterocycles. The lowest BCUT2D eigenvalue weighted by atomic mass is 10.2. The number of hydrogen-bond acceptors (Lipinski definition) is 3. The number of rotatable bonds is 7. The molecule has 0 saturated heterocycles. The van der Waals surface area contributed by atoms with Gasteiger partial charge in [0.05, 0.1) is 18.2 Å². The summed E-state index contributed by atoms with van der Waals surface area (Å²) < 4.78 is 0. The van der Waals surface area contributed by atoms with Crippen molar-refractivity contribution >= 4 is 11.6 Å². The number of amides is 1. The first-order valence-corrected chi connectivity index (χ1v) is 5.95. The van der Waals surface area contributed by atoms with E-state index in [4.69, 9.17) is 5.26 Å². The van der Waals surface area contributed by atoms with Gasteiger partial charge in [-0.3, -0.25) is 4.79 Å². The van der Waals surface area contributed by atoms with E-state index in [1.165, 1.54) is 0 Å². The Labute approximate surface area is 113 Å². The van der Waals surface area contributed by atoms with Gasteiger partial charge in [-0.15, -0.1) is 13.2 Å². The van der Waals surface area contributed by atoms with Gasteiger partial charge in [0.25, 0.3) is 0 Å². The lowest BCUT2D eigenvalue weighted by molar-refractivity contribution is -0.128. The second kappa shape index (κ2) is 7.72. The number of benzene rings is 1. The summed E-state index contributed by atoms with van der Waals surface area (Å²) in [6.07, 6.45) is 3.37. The molecule has 1 rings (SSSR count). The summed E-state index contributed by atoms with van der Waals surface area (Å²) in [5.41, 5.74) is 1.40. The van der Waals surface area contributed by atoms with Crippen LogP contribution in [0.5, 0.6) is 0 Å². The number of nitriles is 1. The van der Waals surface area contributed by atoms with Gasteiger partial charge in [0.15, 0.2) is 0 Å². The molecule has 1 aromatic rings. The molecule has 0 unspecified atom stereocenters. The third-order valence-electron chi connectivity index (χ3n) is 2.51. The van der Waals surface area contributed by atoms with Gasteiger partial charge < -0.3 is 10.2 Å². The van der Waals surface area contributed by atoms with E-state index in [1.807, 2.05) is 6.07 Å². The summed E-state index contributed by atoms with van der Waals surface area (Å²) >= 11 is 0. The van der Waals surface area contributed by atoms with Crippen LogP contribution in [-0.4, -0.2) is 30.4 Å². The standard InChI is InChI=1S/C15H17N3O/c1-3-9-18(10-4-2)15(19)12-17-14-7-5-13(11-16)6-8-14/h3-8,17H,1-2,9-10,12H2. The Morgan fingerprint density at radius 3 is 2.32 bits per heavy atom. The molecule has 1 N–H and O–H groups in total. The highest BCUT2D eigenvalue weighted by Gasteiger charge is 2.09. The number of nitrogens with one attached hydrogen (secondary N) is 1. The maximum atomic E-state index is 11.9. The van der Waals surface area contributed by atoms with E-state index in [0.29, 0.717) is 18.7 Å². The van der Waals surface area contributed by atoms with E-state index in [-0.39, 0.29) is 12.5 Å². The van der Waals surface area contributed by atoms with Gasteiger partial charge in [-0.05, 0) is 24.3 Å². The molecule has 0 aliphatic rings. The van der Waals surface area contributed by atoms with Crippen LogP contribution >= 0.6 is 0 Å². The third kappa shape index (κ3) is 4.68. The van der Waals surface area contributed by atoms with Gasteiger partial charge in [-0.2, -0.15) is 5.26 Å². The number of carbonyl (C=O) groups is 1. The fourth-order valence-corrected chi connectivity index (χ4v) is 1.54. The van der Waals surface area contributed by atoms with Crippen molar-refractivity contribution in [2.24, 2.45) is 0 Å². The van der Waals surface area contributed by atoms with Gasteiger partial charge in [0.2, 0.25) is 5.91 Å². The van der Waals surface area contributed by atoms with Crippen molar-refractivity contribution in [1.82, 2.24) is 4.90 Å². The fourth-order valence-electron chi connectivity index (χ4n) is 1.54. The molecule has 0 aliphatic heterocycles. The minimum absolute atomic E-state index is 0.0239. The summed E-state index contributed by atoms with van der Waals surface area (Å²) in [6.45, 7) is 8.45. The molecule has 4 heteroatoms. The van der Waals surface area contributed by atoms with Gasteiger partial charge in [0.1, 0.15) is 0 Å². The summed E-state index contributed by atoms with van der Waals surface area (Å²) in [6, 6.07) is 9.01. The van der Waals surface area contributed by atoms with Crippen molar-refractivity contribution in [3.8, 4) is 6.07 Å². The largest absolute Gasteiger partial charge is 0.376 e. The Kier molecular flexibility index (Phi) is 5.90. The number of hydrogen-bond donors (Lipinski definition) is 1. The highest BCUT2D eigenvalue weighted by molar-refractivity contribution is 5.81. The Bertz CT molecular complexity index is 475. The van der Waals surface area contributed by atoms with Crippen LogP contribution in [0.2, 0.25) is 0 Å². The fraction of sp³-hybridized carbons (Fsp3) is 0.200. The quantitative estimate of drug-likeness (QED) is 0.760. The Morgan fingerprint density at radius 2 is 1.84 bits per heavy atom. The van der Waals surface area contributed by atoms with E-state index >= 15 is 0 Å². The van der Waals surface area contributed by atoms with Crippen LogP contribution in [0.4, 0.5) is 5.69 Å². The van der Waals surface area contributed by atoms with Gasteiger partial charge in [0, 0.05) is 18.8 Å². The molecular formula is C15H17N3O. The molecule has 0 radical (unpaired) electrons. The van der Waals surface area contributed by atoms with Crippen LogP contribution in [0, 0.1) is 11.3 Å². The SMILES string of the molecule is C=CCN(CC=C)C(=O)CNc1ccc(C#N)cc1. The minimum atomic E-state index is -0.0239. The van der Waals surface area contributed by atoms with Crippen LogP contribution in [-0.2, 0) is 4.79 Å². The molecule has 1 aromatic carbocycles. The average Bonchev–Trinajstić information content (AvgIpc) is 2.45. The molecule has 0 spiro atoms. The molecule has 0 aromatic heterocycles. The monoisotopic (exact) mass is 255 g/mol. The van der Waals surface area contributed by atoms with E-state index in [2.05, 4.69) is 18.5 Å². The number of anilines is 1. The highest BCUT2D eigenvalue weighted by Crippen LogP contribution is 2.08. The Hall–Kier alpha value is -2.54. The first-order chi connectivity index (χ1) is 9.21. The van der Waals surface area contributed by atoms with Gasteiger partial charge in [-0.25, -0.2) is 0 Å². The van der Waals surface area contributed by atoms with Crippen molar-refractivity contribution in [2.75, 3.05) is 25.0 Å². The van der Waals surface area contributed by atoms with Crippen LogP contribution in [0.3, 0.4) is 0 Å². The van der Waals surface area contributed by atoms with Crippen LogP contribution in [0.1, 0.15) is 5.56 Å². The second-order valence-corrected chi connectivity index (χ2v) is 3.92. The second-order valence-electron chi connectivity index (χ2n) is 3.92. The zero-order valence-electron chi connectivity index (χ0n) is 10.8. The van der Waals surface area contributed by atoms with Crippen molar-refractivity contribution in [1.29, 1.82) is 5.26 Å². The average molecular weight is 255 g/mol. The topological polar surface area (TPSA) is 56.1 Å².